The van der Waals surface area contributed by atoms with Crippen molar-refractivity contribution in [1.82, 2.24) is 4.98 Å². The van der Waals surface area contributed by atoms with Crippen LogP contribution in [0.25, 0.3) is 5.57 Å². The Morgan fingerprint density at radius 1 is 1.09 bits per heavy atom. The molecule has 120 valence electrons. The topological polar surface area (TPSA) is 47.0 Å². The summed E-state index contributed by atoms with van der Waals surface area (Å²) in [5.41, 5.74) is 2.77. The third kappa shape index (κ3) is 6.79. The van der Waals surface area contributed by atoms with Crippen molar-refractivity contribution in [2.45, 2.75) is 65.2 Å². The molecular formula is C19H27NO2. The van der Waals surface area contributed by atoms with Crippen molar-refractivity contribution >= 4 is 17.6 Å². The van der Waals surface area contributed by atoms with Crippen LogP contribution in [0.4, 0.5) is 0 Å². The van der Waals surface area contributed by atoms with Crippen LogP contribution in [-0.4, -0.2) is 17.1 Å². The number of allylic oxidation sites excluding steroid dienone is 2. The number of carbonyl (C=O) groups excluding carboxylic acids is 2. The Labute approximate surface area is 133 Å². The fourth-order valence-corrected chi connectivity index (χ4v) is 2.40. The second-order valence-corrected chi connectivity index (χ2v) is 5.62. The van der Waals surface area contributed by atoms with E-state index >= 15 is 0 Å². The van der Waals surface area contributed by atoms with Crippen LogP contribution < -0.4 is 0 Å². The van der Waals surface area contributed by atoms with Gasteiger partial charge in [0.25, 0.3) is 0 Å². The van der Waals surface area contributed by atoms with Gasteiger partial charge in [-0.3, -0.25) is 14.6 Å². The first-order valence-electron chi connectivity index (χ1n) is 8.37. The van der Waals surface area contributed by atoms with Crippen molar-refractivity contribution in [2.24, 2.45) is 0 Å². The number of carbonyl (C=O) groups is 2. The lowest BCUT2D eigenvalue weighted by atomic mass is 10.0. The number of nitrogens with zero attached hydrogens (tertiary/aromatic N) is 1. The van der Waals surface area contributed by atoms with E-state index in [9.17, 15) is 9.59 Å². The van der Waals surface area contributed by atoms with Gasteiger partial charge in [-0.25, -0.2) is 0 Å². The molecule has 0 fully saturated rings. The summed E-state index contributed by atoms with van der Waals surface area (Å²) in [5, 5.41) is 0. The fraction of sp³-hybridized carbons (Fsp3) is 0.526. The zero-order chi connectivity index (χ0) is 16.2. The third-order valence-electron chi connectivity index (χ3n) is 3.65. The second-order valence-electron chi connectivity index (χ2n) is 5.62. The molecule has 3 nitrogen and oxygen atoms in total. The zero-order valence-electron chi connectivity index (χ0n) is 13.8. The molecule has 0 amide bonds. The van der Waals surface area contributed by atoms with Crippen LogP contribution in [-0.2, 0) is 16.0 Å². The molecule has 0 aliphatic heterocycles. The molecule has 1 rings (SSSR count). The molecule has 0 aliphatic rings. The molecule has 0 atom stereocenters. The molecule has 0 spiro atoms. The van der Waals surface area contributed by atoms with Crippen molar-refractivity contribution in [3.63, 3.8) is 0 Å². The standard InChI is InChI=1S/C19H27NO2/c1-3-5-7-10-16(14-18(22)15-21)19-13-9-12-17(20-19)11-8-6-4-2/h9,12-15H,3-8,10-11H2,1-2H3. The van der Waals surface area contributed by atoms with Crippen LogP contribution in [0.5, 0.6) is 0 Å². The Morgan fingerprint density at radius 3 is 2.50 bits per heavy atom. The summed E-state index contributed by atoms with van der Waals surface area (Å²) in [5.74, 6) is -0.482. The van der Waals surface area contributed by atoms with E-state index in [-0.39, 0.29) is 0 Å². The molecule has 0 N–H and O–H groups in total. The summed E-state index contributed by atoms with van der Waals surface area (Å²) in [6.07, 6.45) is 10.3. The molecule has 1 aromatic heterocycles. The fourth-order valence-electron chi connectivity index (χ4n) is 2.40. The quantitative estimate of drug-likeness (QED) is 0.261. The Morgan fingerprint density at radius 2 is 1.82 bits per heavy atom. The number of aromatic nitrogens is 1. The maximum absolute atomic E-state index is 11.5. The van der Waals surface area contributed by atoms with Gasteiger partial charge in [-0.1, -0.05) is 45.6 Å². The Bertz CT molecular complexity index is 506. The average Bonchev–Trinajstić information content (AvgIpc) is 2.54. The molecule has 0 radical (unpaired) electrons. The normalized spacial score (nSPS) is 11.5. The maximum Gasteiger partial charge on any atom is 0.218 e. The van der Waals surface area contributed by atoms with E-state index < -0.39 is 5.78 Å². The molecule has 22 heavy (non-hydrogen) atoms. The second kappa shape index (κ2) is 10.9. The molecule has 1 heterocycles. The van der Waals surface area contributed by atoms with Gasteiger partial charge in [-0.15, -0.1) is 0 Å². The van der Waals surface area contributed by atoms with Gasteiger partial charge in [-0.2, -0.15) is 0 Å². The van der Waals surface area contributed by atoms with Crippen LogP contribution in [0.3, 0.4) is 0 Å². The highest BCUT2D eigenvalue weighted by Crippen LogP contribution is 2.20. The molecule has 3 heteroatoms. The maximum atomic E-state index is 11.5. The first-order chi connectivity index (χ1) is 10.7. The highest BCUT2D eigenvalue weighted by Gasteiger charge is 2.07. The van der Waals surface area contributed by atoms with E-state index in [2.05, 4.69) is 18.8 Å². The van der Waals surface area contributed by atoms with Crippen molar-refractivity contribution in [2.75, 3.05) is 0 Å². The van der Waals surface area contributed by atoms with Gasteiger partial charge >= 0.3 is 0 Å². The van der Waals surface area contributed by atoms with E-state index in [4.69, 9.17) is 0 Å². The lowest BCUT2D eigenvalue weighted by Gasteiger charge is -2.08. The summed E-state index contributed by atoms with van der Waals surface area (Å²) in [7, 11) is 0. The smallest absolute Gasteiger partial charge is 0.218 e. The molecule has 0 bridgehead atoms. The van der Waals surface area contributed by atoms with E-state index in [1.54, 1.807) is 0 Å². The number of unbranched alkanes of at least 4 members (excludes halogenated alkanes) is 4. The first-order valence-corrected chi connectivity index (χ1v) is 8.37. The SMILES string of the molecule is CCCCCC(=CC(=O)C=O)c1cccc(CCCCC)n1. The van der Waals surface area contributed by atoms with Crippen molar-refractivity contribution in [3.8, 4) is 0 Å². The number of pyridine rings is 1. The summed E-state index contributed by atoms with van der Waals surface area (Å²) in [4.78, 5) is 26.8. The lowest BCUT2D eigenvalue weighted by molar-refractivity contribution is -0.126. The van der Waals surface area contributed by atoms with Gasteiger partial charge in [0.1, 0.15) is 0 Å². The molecule has 0 aromatic carbocycles. The first kappa shape index (κ1) is 18.3. The predicted octanol–water partition coefficient (Wildman–Crippen LogP) is 4.55. The predicted molar refractivity (Wildman–Crippen MR) is 90.7 cm³/mol. The summed E-state index contributed by atoms with van der Waals surface area (Å²) < 4.78 is 0. The summed E-state index contributed by atoms with van der Waals surface area (Å²) >= 11 is 0. The van der Waals surface area contributed by atoms with E-state index in [1.807, 2.05) is 18.2 Å². The minimum absolute atomic E-state index is 0.366. The number of hydrogen-bond acceptors (Lipinski definition) is 3. The minimum Gasteiger partial charge on any atom is -0.294 e. The van der Waals surface area contributed by atoms with E-state index in [1.165, 1.54) is 18.9 Å². The molecule has 0 saturated heterocycles. The monoisotopic (exact) mass is 301 g/mol. The highest BCUT2D eigenvalue weighted by molar-refractivity contribution is 6.32. The Balaban J connectivity index is 2.88. The highest BCUT2D eigenvalue weighted by atomic mass is 16.2. The van der Waals surface area contributed by atoms with Crippen LogP contribution in [0.1, 0.15) is 70.2 Å². The van der Waals surface area contributed by atoms with Crippen molar-refractivity contribution in [1.29, 1.82) is 0 Å². The van der Waals surface area contributed by atoms with E-state index in [0.717, 1.165) is 55.5 Å². The van der Waals surface area contributed by atoms with Crippen molar-refractivity contribution in [3.05, 3.63) is 35.7 Å². The van der Waals surface area contributed by atoms with Gasteiger partial charge in [0.2, 0.25) is 5.78 Å². The number of hydrogen-bond donors (Lipinski definition) is 0. The number of ketones is 1. The van der Waals surface area contributed by atoms with Crippen LogP contribution in [0.2, 0.25) is 0 Å². The Hall–Kier alpha value is -1.77. The van der Waals surface area contributed by atoms with E-state index in [0.29, 0.717) is 6.29 Å². The van der Waals surface area contributed by atoms with Crippen LogP contribution >= 0.6 is 0 Å². The number of aryl methyl sites for hydroxylation is 1. The largest absolute Gasteiger partial charge is 0.294 e. The van der Waals surface area contributed by atoms with Crippen LogP contribution in [0, 0.1) is 0 Å². The third-order valence-corrected chi connectivity index (χ3v) is 3.65. The number of rotatable bonds is 11. The van der Waals surface area contributed by atoms with Crippen LogP contribution in [0.15, 0.2) is 24.3 Å². The summed E-state index contributed by atoms with van der Waals surface area (Å²) in [6.45, 7) is 4.33. The van der Waals surface area contributed by atoms with Gasteiger partial charge in [0.15, 0.2) is 6.29 Å². The summed E-state index contributed by atoms with van der Waals surface area (Å²) in [6, 6.07) is 5.95. The lowest BCUT2D eigenvalue weighted by Crippen LogP contribution is -2.00. The molecule has 0 aliphatic carbocycles. The molecule has 0 unspecified atom stereocenters. The molecular weight excluding hydrogens is 274 g/mol. The molecule has 0 saturated carbocycles. The number of aldehydes is 1. The van der Waals surface area contributed by atoms with Gasteiger partial charge < -0.3 is 0 Å². The Kier molecular flexibility index (Phi) is 9.04. The van der Waals surface area contributed by atoms with Crippen molar-refractivity contribution < 1.29 is 9.59 Å². The molecule has 1 aromatic rings. The zero-order valence-corrected chi connectivity index (χ0v) is 13.8. The minimum atomic E-state index is -0.482. The van der Waals surface area contributed by atoms with Gasteiger partial charge in [0.05, 0.1) is 5.69 Å². The van der Waals surface area contributed by atoms with Gasteiger partial charge in [0, 0.05) is 5.69 Å². The average molecular weight is 301 g/mol. The van der Waals surface area contributed by atoms with Gasteiger partial charge in [-0.05, 0) is 49.5 Å².